The van der Waals surface area contributed by atoms with Gasteiger partial charge in [-0.3, -0.25) is 9.59 Å². The zero-order chi connectivity index (χ0) is 25.6. The van der Waals surface area contributed by atoms with E-state index in [1.165, 1.54) is 11.9 Å². The topological polar surface area (TPSA) is 86.8 Å². The highest BCUT2D eigenvalue weighted by Gasteiger charge is 2.31. The molecule has 0 aromatic heterocycles. The molecule has 0 radical (unpaired) electrons. The first kappa shape index (κ1) is 26.4. The maximum atomic E-state index is 13.5. The van der Waals surface area contributed by atoms with E-state index in [2.05, 4.69) is 5.32 Å². The number of nitrogens with one attached hydrogen (secondary N) is 1. The molecule has 186 valence electrons. The normalized spacial score (nSPS) is 12.5. The number of sulfonamides is 1. The Bertz CT molecular complexity index is 1310. The summed E-state index contributed by atoms with van der Waals surface area (Å²) in [5.74, 6) is -0.687. The molecule has 0 bridgehead atoms. The SMILES string of the molecule is CCNC(=O)[C@H](CC)N(Cc1cccc(C)c1)C(=O)CN(C)S(=O)(=O)c1ccc2ccccc2c1. The third kappa shape index (κ3) is 6.26. The number of benzene rings is 3. The van der Waals surface area contributed by atoms with Crippen molar-refractivity contribution in [2.75, 3.05) is 20.1 Å². The Morgan fingerprint density at radius 1 is 0.943 bits per heavy atom. The van der Waals surface area contributed by atoms with Gasteiger partial charge in [0.25, 0.3) is 0 Å². The molecule has 2 amide bonds. The van der Waals surface area contributed by atoms with Crippen molar-refractivity contribution in [3.63, 3.8) is 0 Å². The fourth-order valence-electron chi connectivity index (χ4n) is 4.09. The van der Waals surface area contributed by atoms with E-state index in [9.17, 15) is 18.0 Å². The highest BCUT2D eigenvalue weighted by atomic mass is 32.2. The molecular weight excluding hydrogens is 462 g/mol. The lowest BCUT2D eigenvalue weighted by molar-refractivity contribution is -0.141. The van der Waals surface area contributed by atoms with E-state index in [4.69, 9.17) is 0 Å². The molecule has 0 spiro atoms. The molecule has 3 rings (SSSR count). The van der Waals surface area contributed by atoms with E-state index in [-0.39, 0.29) is 23.9 Å². The lowest BCUT2D eigenvalue weighted by Crippen LogP contribution is -2.51. The zero-order valence-electron chi connectivity index (χ0n) is 20.7. The molecule has 0 heterocycles. The van der Waals surface area contributed by atoms with Crippen LogP contribution in [0.3, 0.4) is 0 Å². The van der Waals surface area contributed by atoms with Crippen LogP contribution in [0.5, 0.6) is 0 Å². The largest absolute Gasteiger partial charge is 0.355 e. The molecule has 0 fully saturated rings. The Hall–Kier alpha value is -3.23. The molecule has 7 nitrogen and oxygen atoms in total. The Morgan fingerprint density at radius 3 is 2.31 bits per heavy atom. The van der Waals surface area contributed by atoms with Crippen molar-refractivity contribution in [1.29, 1.82) is 0 Å². The van der Waals surface area contributed by atoms with Gasteiger partial charge in [0.05, 0.1) is 11.4 Å². The van der Waals surface area contributed by atoms with Crippen molar-refractivity contribution in [2.45, 2.75) is 44.7 Å². The van der Waals surface area contributed by atoms with Crippen molar-refractivity contribution < 1.29 is 18.0 Å². The highest BCUT2D eigenvalue weighted by molar-refractivity contribution is 7.89. The van der Waals surface area contributed by atoms with Gasteiger partial charge in [-0.2, -0.15) is 4.31 Å². The quantitative estimate of drug-likeness (QED) is 0.465. The van der Waals surface area contributed by atoms with Gasteiger partial charge in [0.2, 0.25) is 21.8 Å². The first-order valence-electron chi connectivity index (χ1n) is 11.7. The van der Waals surface area contributed by atoms with Crippen LogP contribution in [0.15, 0.2) is 71.6 Å². The van der Waals surface area contributed by atoms with E-state index >= 15 is 0 Å². The van der Waals surface area contributed by atoms with Gasteiger partial charge in [-0.25, -0.2) is 8.42 Å². The van der Waals surface area contributed by atoms with Crippen LogP contribution in [0.4, 0.5) is 0 Å². The number of rotatable bonds is 10. The van der Waals surface area contributed by atoms with Crippen LogP contribution in [0.2, 0.25) is 0 Å². The average Bonchev–Trinajstić information content (AvgIpc) is 2.83. The average molecular weight is 496 g/mol. The molecule has 0 aliphatic rings. The van der Waals surface area contributed by atoms with Crippen molar-refractivity contribution in [1.82, 2.24) is 14.5 Å². The summed E-state index contributed by atoms with van der Waals surface area (Å²) >= 11 is 0. The second-order valence-electron chi connectivity index (χ2n) is 8.60. The molecule has 1 atom stereocenters. The van der Waals surface area contributed by atoms with Crippen molar-refractivity contribution in [3.8, 4) is 0 Å². The standard InChI is InChI=1S/C27H33N3O4S/c1-5-25(27(32)28-6-2)30(18-21-11-9-10-20(3)16-21)26(31)19-29(4)35(33,34)24-15-14-22-12-7-8-13-23(22)17-24/h7-17,25H,5-6,18-19H2,1-4H3,(H,28,32)/t25-/m0/s1. The first-order valence-corrected chi connectivity index (χ1v) is 13.2. The number of carbonyl (C=O) groups excluding carboxylic acids is 2. The number of fused-ring (bicyclic) bond motifs is 1. The smallest absolute Gasteiger partial charge is 0.243 e. The molecule has 0 saturated carbocycles. The van der Waals surface area contributed by atoms with Crippen LogP contribution in [-0.4, -0.2) is 55.6 Å². The van der Waals surface area contributed by atoms with Gasteiger partial charge >= 0.3 is 0 Å². The molecule has 35 heavy (non-hydrogen) atoms. The van der Waals surface area contributed by atoms with Gasteiger partial charge in [-0.15, -0.1) is 0 Å². The molecule has 3 aromatic carbocycles. The fourth-order valence-corrected chi connectivity index (χ4v) is 5.25. The predicted molar refractivity (Wildman–Crippen MR) is 138 cm³/mol. The van der Waals surface area contributed by atoms with Crippen LogP contribution < -0.4 is 5.32 Å². The summed E-state index contributed by atoms with van der Waals surface area (Å²) in [5, 5.41) is 4.53. The van der Waals surface area contributed by atoms with Crippen molar-refractivity contribution >= 4 is 32.6 Å². The molecule has 1 N–H and O–H groups in total. The van der Waals surface area contributed by atoms with Crippen molar-refractivity contribution in [3.05, 3.63) is 77.9 Å². The highest BCUT2D eigenvalue weighted by Crippen LogP contribution is 2.22. The number of hydrogen-bond donors (Lipinski definition) is 1. The molecule has 0 saturated heterocycles. The number of hydrogen-bond acceptors (Lipinski definition) is 4. The van der Waals surface area contributed by atoms with Crippen molar-refractivity contribution in [2.24, 2.45) is 0 Å². The zero-order valence-corrected chi connectivity index (χ0v) is 21.5. The van der Waals surface area contributed by atoms with E-state index in [0.717, 1.165) is 26.2 Å². The summed E-state index contributed by atoms with van der Waals surface area (Å²) < 4.78 is 27.6. The molecule has 0 unspecified atom stereocenters. The van der Waals surface area contributed by atoms with Gasteiger partial charge in [0.1, 0.15) is 6.04 Å². The van der Waals surface area contributed by atoms with Crippen LogP contribution in [0, 0.1) is 6.92 Å². The summed E-state index contributed by atoms with van der Waals surface area (Å²) in [6.45, 7) is 5.89. The Kier molecular flexibility index (Phi) is 8.64. The lowest BCUT2D eigenvalue weighted by atomic mass is 10.1. The van der Waals surface area contributed by atoms with Crippen LogP contribution in [-0.2, 0) is 26.2 Å². The van der Waals surface area contributed by atoms with Gasteiger partial charge in [0, 0.05) is 20.1 Å². The molecule has 8 heteroatoms. The molecule has 0 aliphatic carbocycles. The Balaban J connectivity index is 1.88. The third-order valence-electron chi connectivity index (χ3n) is 5.96. The van der Waals surface area contributed by atoms with Gasteiger partial charge < -0.3 is 10.2 Å². The monoisotopic (exact) mass is 495 g/mol. The predicted octanol–water partition coefficient (Wildman–Crippen LogP) is 3.71. The van der Waals surface area contributed by atoms with E-state index in [0.29, 0.717) is 13.0 Å². The summed E-state index contributed by atoms with van der Waals surface area (Å²) in [5.41, 5.74) is 1.91. The number of carbonyl (C=O) groups is 2. The fraction of sp³-hybridized carbons (Fsp3) is 0.333. The molecule has 0 aliphatic heterocycles. The third-order valence-corrected chi connectivity index (χ3v) is 7.76. The van der Waals surface area contributed by atoms with E-state index in [1.54, 1.807) is 18.2 Å². The number of amides is 2. The van der Waals surface area contributed by atoms with Gasteiger partial charge in [-0.1, -0.05) is 67.1 Å². The summed E-state index contributed by atoms with van der Waals surface area (Å²) in [4.78, 5) is 27.8. The van der Waals surface area contributed by atoms with Gasteiger partial charge in [-0.05, 0) is 48.7 Å². The van der Waals surface area contributed by atoms with Crippen LogP contribution in [0.1, 0.15) is 31.4 Å². The number of likely N-dealkylation sites (N-methyl/N-ethyl adjacent to an activating group) is 2. The number of aryl methyl sites for hydroxylation is 1. The van der Waals surface area contributed by atoms with Crippen LogP contribution >= 0.6 is 0 Å². The maximum Gasteiger partial charge on any atom is 0.243 e. The Morgan fingerprint density at radius 2 is 1.66 bits per heavy atom. The summed E-state index contributed by atoms with van der Waals surface area (Å²) in [7, 11) is -2.53. The molecular formula is C27H33N3O4S. The van der Waals surface area contributed by atoms with Gasteiger partial charge in [0.15, 0.2) is 0 Å². The minimum absolute atomic E-state index is 0.118. The lowest BCUT2D eigenvalue weighted by Gasteiger charge is -2.32. The van der Waals surface area contributed by atoms with E-state index < -0.39 is 22.0 Å². The summed E-state index contributed by atoms with van der Waals surface area (Å²) in [6.07, 6.45) is 0.407. The number of nitrogens with zero attached hydrogens (tertiary/aromatic N) is 2. The minimum Gasteiger partial charge on any atom is -0.355 e. The first-order chi connectivity index (χ1) is 16.7. The molecule has 3 aromatic rings. The second kappa shape index (κ2) is 11.5. The summed E-state index contributed by atoms with van der Waals surface area (Å²) in [6, 6.07) is 19.4. The Labute approximate surface area is 207 Å². The van der Waals surface area contributed by atoms with E-state index in [1.807, 2.05) is 69.3 Å². The van der Waals surface area contributed by atoms with Crippen LogP contribution in [0.25, 0.3) is 10.8 Å². The second-order valence-corrected chi connectivity index (χ2v) is 10.6. The minimum atomic E-state index is -3.92. The maximum absolute atomic E-state index is 13.5.